The van der Waals surface area contributed by atoms with Gasteiger partial charge in [-0.15, -0.1) is 0 Å². The monoisotopic (exact) mass is 232 g/mol. The molecule has 0 radical (unpaired) electrons. The number of amides is 1. The molecule has 0 spiro atoms. The Bertz CT molecular complexity index is 559. The van der Waals surface area contributed by atoms with Gasteiger partial charge in [0, 0.05) is 29.2 Å². The van der Waals surface area contributed by atoms with E-state index in [9.17, 15) is 4.79 Å². The van der Waals surface area contributed by atoms with Crippen molar-refractivity contribution in [3.63, 3.8) is 0 Å². The van der Waals surface area contributed by atoms with Gasteiger partial charge < -0.3 is 10.7 Å². The average Bonchev–Trinajstić information content (AvgIpc) is 2.62. The third-order valence-corrected chi connectivity index (χ3v) is 2.87. The molecule has 90 valence electrons. The number of fused-ring (bicyclic) bond motifs is 1. The van der Waals surface area contributed by atoms with Crippen LogP contribution < -0.4 is 11.6 Å². The molecule has 0 aliphatic heterocycles. The van der Waals surface area contributed by atoms with Crippen LogP contribution in [0.3, 0.4) is 0 Å². The van der Waals surface area contributed by atoms with Crippen molar-refractivity contribution in [3.05, 3.63) is 35.5 Å². The van der Waals surface area contributed by atoms with Crippen LogP contribution >= 0.6 is 0 Å². The van der Waals surface area contributed by atoms with Crippen LogP contribution in [0.4, 0.5) is 0 Å². The van der Waals surface area contributed by atoms with Gasteiger partial charge in [-0.1, -0.05) is 18.2 Å². The molecule has 1 aromatic heterocycles. The first-order valence-electron chi connectivity index (χ1n) is 5.37. The number of likely N-dealkylation sites (N-methyl/N-ethyl adjacent to an activating group) is 1. The summed E-state index contributed by atoms with van der Waals surface area (Å²) in [5, 5.41) is 1.99. The summed E-state index contributed by atoms with van der Waals surface area (Å²) in [5.41, 5.74) is 8.64. The highest BCUT2D eigenvalue weighted by atomic mass is 16.2. The molecule has 2 rings (SSSR count). The van der Waals surface area contributed by atoms with Crippen LogP contribution in [-0.4, -0.2) is 22.9 Å². The predicted octanol–water partition coefficient (Wildman–Crippen LogP) is 0.808. The minimum atomic E-state index is -0.735. The van der Waals surface area contributed by atoms with E-state index in [0.717, 1.165) is 27.2 Å². The lowest BCUT2D eigenvalue weighted by molar-refractivity contribution is -0.131. The van der Waals surface area contributed by atoms with Gasteiger partial charge in [0.05, 0.1) is 0 Å². The second-order valence-corrected chi connectivity index (χ2v) is 4.14. The van der Waals surface area contributed by atoms with Gasteiger partial charge in [-0.2, -0.15) is 0 Å². The van der Waals surface area contributed by atoms with Crippen molar-refractivity contribution in [3.8, 4) is 0 Å². The lowest BCUT2D eigenvalue weighted by atomic mass is 10.0. The Balaban J connectivity index is 2.55. The number of carbonyl (C=O) groups is 1. The van der Waals surface area contributed by atoms with E-state index in [-0.39, 0.29) is 5.91 Å². The number of nitrogens with one attached hydrogen (secondary N) is 1. The number of nitrogens with zero attached hydrogens (tertiary/aromatic N) is 1. The summed E-state index contributed by atoms with van der Waals surface area (Å²) in [6, 6.07) is 7.01. The fourth-order valence-corrected chi connectivity index (χ4v) is 2.04. The zero-order chi connectivity index (χ0) is 12.6. The maximum absolute atomic E-state index is 11.8. The summed E-state index contributed by atoms with van der Waals surface area (Å²) < 4.78 is 0. The van der Waals surface area contributed by atoms with E-state index in [2.05, 4.69) is 4.98 Å². The maximum atomic E-state index is 11.8. The van der Waals surface area contributed by atoms with Gasteiger partial charge in [-0.3, -0.25) is 9.80 Å². The SMILES string of the molecule is Cc1[nH]c2ccccc2c1C(N)C(=O)N(C)N. The van der Waals surface area contributed by atoms with E-state index in [1.807, 2.05) is 31.2 Å². The third kappa shape index (κ3) is 1.90. The Hall–Kier alpha value is -1.85. The number of hydrazine groups is 1. The van der Waals surface area contributed by atoms with E-state index in [4.69, 9.17) is 11.6 Å². The van der Waals surface area contributed by atoms with E-state index >= 15 is 0 Å². The molecule has 0 aliphatic rings. The molecule has 0 saturated carbocycles. The highest BCUT2D eigenvalue weighted by Gasteiger charge is 2.23. The van der Waals surface area contributed by atoms with Gasteiger partial charge in [-0.05, 0) is 13.0 Å². The van der Waals surface area contributed by atoms with Crippen LogP contribution in [0.25, 0.3) is 10.9 Å². The number of aromatic nitrogens is 1. The van der Waals surface area contributed by atoms with Crippen molar-refractivity contribution in [1.29, 1.82) is 0 Å². The molecular formula is C12H16N4O. The summed E-state index contributed by atoms with van der Waals surface area (Å²) >= 11 is 0. The number of rotatable bonds is 2. The van der Waals surface area contributed by atoms with Crippen molar-refractivity contribution in [2.45, 2.75) is 13.0 Å². The second kappa shape index (κ2) is 4.20. The van der Waals surface area contributed by atoms with Crippen LogP contribution in [0.2, 0.25) is 0 Å². The molecule has 1 unspecified atom stereocenters. The van der Waals surface area contributed by atoms with Crippen molar-refractivity contribution >= 4 is 16.8 Å². The first-order chi connectivity index (χ1) is 8.02. The van der Waals surface area contributed by atoms with E-state index in [1.54, 1.807) is 0 Å². The first-order valence-corrected chi connectivity index (χ1v) is 5.37. The molecule has 5 nitrogen and oxygen atoms in total. The number of H-pyrrole nitrogens is 1. The van der Waals surface area contributed by atoms with Gasteiger partial charge in [0.2, 0.25) is 0 Å². The second-order valence-electron chi connectivity index (χ2n) is 4.14. The number of carbonyl (C=O) groups excluding carboxylic acids is 1. The summed E-state index contributed by atoms with van der Waals surface area (Å²) in [5.74, 6) is 5.12. The lowest BCUT2D eigenvalue weighted by Crippen LogP contribution is -2.40. The van der Waals surface area contributed by atoms with Gasteiger partial charge >= 0.3 is 0 Å². The highest BCUT2D eigenvalue weighted by molar-refractivity contribution is 5.92. The molecule has 1 aromatic carbocycles. The van der Waals surface area contributed by atoms with Crippen molar-refractivity contribution in [2.24, 2.45) is 11.6 Å². The molecule has 0 bridgehead atoms. The molecule has 17 heavy (non-hydrogen) atoms. The Labute approximate surface area is 99.4 Å². The standard InChI is InChI=1S/C12H16N4O/c1-7-10(11(13)12(17)16(2)14)8-5-3-4-6-9(8)15-7/h3-6,11,15H,13-14H2,1-2H3. The number of para-hydroxylation sites is 1. The quantitative estimate of drug-likeness (QED) is 0.406. The molecule has 1 atom stereocenters. The number of benzene rings is 1. The van der Waals surface area contributed by atoms with Crippen molar-refractivity contribution in [2.75, 3.05) is 7.05 Å². The largest absolute Gasteiger partial charge is 0.358 e. The topological polar surface area (TPSA) is 88.1 Å². The Morgan fingerprint density at radius 2 is 2.06 bits per heavy atom. The van der Waals surface area contributed by atoms with Crippen molar-refractivity contribution < 1.29 is 4.79 Å². The lowest BCUT2D eigenvalue weighted by Gasteiger charge is -2.16. The maximum Gasteiger partial charge on any atom is 0.257 e. The van der Waals surface area contributed by atoms with E-state index < -0.39 is 6.04 Å². The fourth-order valence-electron chi connectivity index (χ4n) is 2.04. The molecular weight excluding hydrogens is 216 g/mol. The smallest absolute Gasteiger partial charge is 0.257 e. The van der Waals surface area contributed by atoms with Crippen LogP contribution in [0, 0.1) is 6.92 Å². The Kier molecular flexibility index (Phi) is 2.87. The molecule has 2 aromatic rings. The zero-order valence-corrected chi connectivity index (χ0v) is 9.90. The highest BCUT2D eigenvalue weighted by Crippen LogP contribution is 2.27. The molecule has 1 heterocycles. The third-order valence-electron chi connectivity index (χ3n) is 2.87. The normalized spacial score (nSPS) is 12.7. The Morgan fingerprint density at radius 3 is 2.71 bits per heavy atom. The summed E-state index contributed by atoms with van der Waals surface area (Å²) in [4.78, 5) is 15.0. The zero-order valence-electron chi connectivity index (χ0n) is 9.90. The number of hydrogen-bond donors (Lipinski definition) is 3. The fraction of sp³-hybridized carbons (Fsp3) is 0.250. The number of nitrogens with two attached hydrogens (primary N) is 2. The van der Waals surface area contributed by atoms with Gasteiger partial charge in [-0.25, -0.2) is 5.84 Å². The summed E-state index contributed by atoms with van der Waals surface area (Å²) in [6.07, 6.45) is 0. The first kappa shape index (κ1) is 11.6. The molecule has 0 aliphatic carbocycles. The van der Waals surface area contributed by atoms with Gasteiger partial charge in [0.25, 0.3) is 5.91 Å². The van der Waals surface area contributed by atoms with Crippen molar-refractivity contribution in [1.82, 2.24) is 9.99 Å². The van der Waals surface area contributed by atoms with Crippen LogP contribution in [-0.2, 0) is 4.79 Å². The number of aryl methyl sites for hydroxylation is 1. The molecule has 5 N–H and O–H groups in total. The Morgan fingerprint density at radius 1 is 1.41 bits per heavy atom. The van der Waals surface area contributed by atoms with Crippen LogP contribution in [0.5, 0.6) is 0 Å². The summed E-state index contributed by atoms with van der Waals surface area (Å²) in [6.45, 7) is 1.90. The van der Waals surface area contributed by atoms with E-state index in [0.29, 0.717) is 0 Å². The van der Waals surface area contributed by atoms with Crippen LogP contribution in [0.1, 0.15) is 17.3 Å². The predicted molar refractivity (Wildman–Crippen MR) is 66.9 cm³/mol. The number of hydrogen-bond acceptors (Lipinski definition) is 3. The summed E-state index contributed by atoms with van der Waals surface area (Å²) in [7, 11) is 1.49. The number of aromatic amines is 1. The molecule has 0 saturated heterocycles. The minimum absolute atomic E-state index is 0.308. The van der Waals surface area contributed by atoms with Crippen LogP contribution in [0.15, 0.2) is 24.3 Å². The average molecular weight is 232 g/mol. The van der Waals surface area contributed by atoms with Gasteiger partial charge in [0.15, 0.2) is 0 Å². The van der Waals surface area contributed by atoms with Gasteiger partial charge in [0.1, 0.15) is 6.04 Å². The minimum Gasteiger partial charge on any atom is -0.358 e. The molecule has 0 fully saturated rings. The molecule has 1 amide bonds. The molecule has 5 heteroatoms. The van der Waals surface area contributed by atoms with E-state index in [1.165, 1.54) is 7.05 Å².